The molecule has 0 fully saturated rings. The van der Waals surface area contributed by atoms with Crippen molar-refractivity contribution in [3.63, 3.8) is 0 Å². The second-order valence-corrected chi connectivity index (χ2v) is 6.62. The predicted octanol–water partition coefficient (Wildman–Crippen LogP) is 2.04. The molecule has 0 saturated carbocycles. The zero-order valence-corrected chi connectivity index (χ0v) is 14.2. The number of hydrogen-bond donors (Lipinski definition) is 0. The van der Waals surface area contributed by atoms with Gasteiger partial charge in [0.05, 0.1) is 0 Å². The van der Waals surface area contributed by atoms with E-state index in [0.717, 1.165) is 6.20 Å². The molecule has 0 bridgehead atoms. The zero-order chi connectivity index (χ0) is 18.1. The number of rotatable bonds is 5. The van der Waals surface area contributed by atoms with E-state index in [1.807, 2.05) is 19.0 Å². The summed E-state index contributed by atoms with van der Waals surface area (Å²) in [7, 11) is 5.42. The number of carbonyl (C=O) groups excluding carboxylic acids is 1. The SMILES string of the molecule is C=C(CN(C)C)C(=O)N(C)CC1CCc2nc(C(F)(F)F)cn2C1. The van der Waals surface area contributed by atoms with Crippen molar-refractivity contribution in [2.75, 3.05) is 34.2 Å². The van der Waals surface area contributed by atoms with Crippen LogP contribution in [0.4, 0.5) is 13.2 Å². The van der Waals surface area contributed by atoms with Crippen LogP contribution < -0.4 is 0 Å². The first kappa shape index (κ1) is 18.5. The first-order chi connectivity index (χ1) is 11.1. The number of aryl methyl sites for hydroxylation is 1. The van der Waals surface area contributed by atoms with Gasteiger partial charge in [0.2, 0.25) is 5.91 Å². The molecule has 1 unspecified atom stereocenters. The molecular weight excluding hydrogens is 321 g/mol. The molecule has 1 amide bonds. The fourth-order valence-electron chi connectivity index (χ4n) is 2.99. The van der Waals surface area contributed by atoms with Gasteiger partial charge in [-0.05, 0) is 26.4 Å². The van der Waals surface area contributed by atoms with E-state index in [1.54, 1.807) is 16.5 Å². The quantitative estimate of drug-likeness (QED) is 0.768. The lowest BCUT2D eigenvalue weighted by Crippen LogP contribution is -2.37. The van der Waals surface area contributed by atoms with Gasteiger partial charge in [0, 0.05) is 44.9 Å². The summed E-state index contributed by atoms with van der Waals surface area (Å²) < 4.78 is 39.8. The topological polar surface area (TPSA) is 41.4 Å². The average Bonchev–Trinajstić information content (AvgIpc) is 2.88. The number of carbonyl (C=O) groups is 1. The Morgan fingerprint density at radius 3 is 2.67 bits per heavy atom. The van der Waals surface area contributed by atoms with Crippen molar-refractivity contribution in [3.05, 3.63) is 29.9 Å². The molecule has 1 aromatic rings. The monoisotopic (exact) mass is 344 g/mol. The third kappa shape index (κ3) is 4.37. The minimum absolute atomic E-state index is 0.105. The number of nitrogens with zero attached hydrogens (tertiary/aromatic N) is 4. The molecule has 1 aliphatic rings. The van der Waals surface area contributed by atoms with Crippen molar-refractivity contribution < 1.29 is 18.0 Å². The average molecular weight is 344 g/mol. The van der Waals surface area contributed by atoms with Gasteiger partial charge in [0.15, 0.2) is 5.69 Å². The molecule has 0 saturated heterocycles. The summed E-state index contributed by atoms with van der Waals surface area (Å²) in [5, 5.41) is 0. The third-order valence-corrected chi connectivity index (χ3v) is 4.07. The number of imidazole rings is 1. The van der Waals surface area contributed by atoms with Crippen LogP contribution in [0.25, 0.3) is 0 Å². The highest BCUT2D eigenvalue weighted by Gasteiger charge is 2.36. The van der Waals surface area contributed by atoms with Crippen molar-refractivity contribution in [1.29, 1.82) is 0 Å². The Balaban J connectivity index is 1.97. The Bertz CT molecular complexity index is 621. The Hall–Kier alpha value is -1.83. The van der Waals surface area contributed by atoms with Crippen LogP contribution in [0, 0.1) is 5.92 Å². The summed E-state index contributed by atoms with van der Waals surface area (Å²) in [6.45, 7) is 5.21. The van der Waals surface area contributed by atoms with E-state index in [9.17, 15) is 18.0 Å². The molecule has 134 valence electrons. The van der Waals surface area contributed by atoms with Crippen molar-refractivity contribution in [1.82, 2.24) is 19.4 Å². The molecule has 0 spiro atoms. The lowest BCUT2D eigenvalue weighted by Gasteiger charge is -2.28. The van der Waals surface area contributed by atoms with E-state index in [4.69, 9.17) is 0 Å². The second kappa shape index (κ2) is 6.96. The minimum atomic E-state index is -4.42. The maximum absolute atomic E-state index is 12.7. The van der Waals surface area contributed by atoms with Gasteiger partial charge in [-0.2, -0.15) is 13.2 Å². The van der Waals surface area contributed by atoms with Gasteiger partial charge in [0.1, 0.15) is 5.82 Å². The maximum Gasteiger partial charge on any atom is 0.434 e. The van der Waals surface area contributed by atoms with Gasteiger partial charge in [-0.1, -0.05) is 6.58 Å². The number of fused-ring (bicyclic) bond motifs is 1. The fourth-order valence-corrected chi connectivity index (χ4v) is 2.99. The molecule has 0 aliphatic carbocycles. The van der Waals surface area contributed by atoms with Crippen LogP contribution in [-0.4, -0.2) is 59.5 Å². The van der Waals surface area contributed by atoms with Gasteiger partial charge >= 0.3 is 6.18 Å². The van der Waals surface area contributed by atoms with Crippen LogP contribution >= 0.6 is 0 Å². The molecule has 1 atom stereocenters. The molecule has 0 N–H and O–H groups in total. The lowest BCUT2D eigenvalue weighted by atomic mass is 9.98. The molecule has 2 rings (SSSR count). The van der Waals surface area contributed by atoms with Gasteiger partial charge in [-0.15, -0.1) is 0 Å². The van der Waals surface area contributed by atoms with E-state index >= 15 is 0 Å². The highest BCUT2D eigenvalue weighted by atomic mass is 19.4. The van der Waals surface area contributed by atoms with E-state index < -0.39 is 11.9 Å². The number of alkyl halides is 3. The van der Waals surface area contributed by atoms with E-state index in [2.05, 4.69) is 11.6 Å². The van der Waals surface area contributed by atoms with Gasteiger partial charge in [-0.25, -0.2) is 4.98 Å². The second-order valence-electron chi connectivity index (χ2n) is 6.62. The first-order valence-corrected chi connectivity index (χ1v) is 7.79. The van der Waals surface area contributed by atoms with Crippen molar-refractivity contribution in [2.24, 2.45) is 5.92 Å². The molecule has 0 aromatic carbocycles. The summed E-state index contributed by atoms with van der Waals surface area (Å²) in [6.07, 6.45) is -2.15. The first-order valence-electron chi connectivity index (χ1n) is 7.79. The van der Waals surface area contributed by atoms with Crippen molar-refractivity contribution in [3.8, 4) is 0 Å². The summed E-state index contributed by atoms with van der Waals surface area (Å²) >= 11 is 0. The number of hydrogen-bond acceptors (Lipinski definition) is 3. The van der Waals surface area contributed by atoms with Crippen LogP contribution in [0.1, 0.15) is 17.9 Å². The normalized spacial score (nSPS) is 17.7. The Morgan fingerprint density at radius 1 is 1.42 bits per heavy atom. The Kier molecular flexibility index (Phi) is 5.37. The molecule has 1 aromatic heterocycles. The van der Waals surface area contributed by atoms with E-state index in [1.165, 1.54) is 0 Å². The lowest BCUT2D eigenvalue weighted by molar-refractivity contribution is -0.141. The smallest absolute Gasteiger partial charge is 0.342 e. The predicted molar refractivity (Wildman–Crippen MR) is 84.4 cm³/mol. The van der Waals surface area contributed by atoms with Crippen molar-refractivity contribution >= 4 is 5.91 Å². The summed E-state index contributed by atoms with van der Waals surface area (Å²) in [5.41, 5.74) is -0.345. The van der Waals surface area contributed by atoms with Crippen LogP contribution in [0.2, 0.25) is 0 Å². The molecule has 2 heterocycles. The number of likely N-dealkylation sites (N-methyl/N-ethyl adjacent to an activating group) is 2. The number of aromatic nitrogens is 2. The fraction of sp³-hybridized carbons (Fsp3) is 0.625. The molecular formula is C16H23F3N4O. The maximum atomic E-state index is 12.7. The Labute approximate surface area is 139 Å². The standard InChI is InChI=1S/C16H23F3N4O/c1-11(7-21(2)3)15(24)22(4)8-12-5-6-14-20-13(16(17,18)19)10-23(14)9-12/h10,12H,1,5-9H2,2-4H3. The molecule has 1 aliphatic heterocycles. The summed E-state index contributed by atoms with van der Waals surface area (Å²) in [4.78, 5) is 19.4. The molecule has 5 nitrogen and oxygen atoms in total. The summed E-state index contributed by atoms with van der Waals surface area (Å²) in [5.74, 6) is 0.439. The van der Waals surface area contributed by atoms with Crippen molar-refractivity contribution in [2.45, 2.75) is 25.6 Å². The van der Waals surface area contributed by atoms with Gasteiger partial charge < -0.3 is 14.4 Å². The summed E-state index contributed by atoms with van der Waals surface area (Å²) in [6, 6.07) is 0. The largest absolute Gasteiger partial charge is 0.434 e. The van der Waals surface area contributed by atoms with Gasteiger partial charge in [0.25, 0.3) is 0 Å². The third-order valence-electron chi connectivity index (χ3n) is 4.07. The van der Waals surface area contributed by atoms with Crippen LogP contribution in [-0.2, 0) is 23.9 Å². The zero-order valence-electron chi connectivity index (χ0n) is 14.2. The number of amides is 1. The Morgan fingerprint density at radius 2 is 2.08 bits per heavy atom. The van der Waals surface area contributed by atoms with Crippen LogP contribution in [0.5, 0.6) is 0 Å². The van der Waals surface area contributed by atoms with Gasteiger partial charge in [-0.3, -0.25) is 4.79 Å². The van der Waals surface area contributed by atoms with Crippen LogP contribution in [0.15, 0.2) is 18.3 Å². The minimum Gasteiger partial charge on any atom is -0.342 e. The van der Waals surface area contributed by atoms with Crippen LogP contribution in [0.3, 0.4) is 0 Å². The molecule has 0 radical (unpaired) electrons. The number of halogens is 3. The molecule has 24 heavy (non-hydrogen) atoms. The van der Waals surface area contributed by atoms with E-state index in [-0.39, 0.29) is 11.8 Å². The molecule has 8 heteroatoms. The highest BCUT2D eigenvalue weighted by Crippen LogP contribution is 2.30. The van der Waals surface area contributed by atoms with E-state index in [0.29, 0.717) is 43.9 Å². The highest BCUT2D eigenvalue weighted by molar-refractivity contribution is 5.93.